The zero-order chi connectivity index (χ0) is 18.6. The molecule has 1 amide bonds. The molecule has 0 aromatic heterocycles. The van der Waals surface area contributed by atoms with Crippen LogP contribution in [0.2, 0.25) is 5.02 Å². The number of benzene rings is 2. The van der Waals surface area contributed by atoms with Crippen LogP contribution in [0.3, 0.4) is 0 Å². The summed E-state index contributed by atoms with van der Waals surface area (Å²) < 4.78 is 38.6. The zero-order valence-electron chi connectivity index (χ0n) is 13.7. The fourth-order valence-corrected chi connectivity index (χ4v) is 3.76. The van der Waals surface area contributed by atoms with E-state index >= 15 is 0 Å². The van der Waals surface area contributed by atoms with Gasteiger partial charge in [0.2, 0.25) is 15.9 Å². The largest absolute Gasteiger partial charge is 0.350 e. The van der Waals surface area contributed by atoms with Crippen LogP contribution < -0.4 is 9.62 Å². The SMILES string of the molecule is CC(C(=O)NCc1ccccc1Cl)N(c1cccc(F)c1)S(C)(=O)=O. The van der Waals surface area contributed by atoms with Gasteiger partial charge in [0.1, 0.15) is 11.9 Å². The Labute approximate surface area is 151 Å². The summed E-state index contributed by atoms with van der Waals surface area (Å²) in [6.07, 6.45) is 0.968. The highest BCUT2D eigenvalue weighted by atomic mass is 35.5. The van der Waals surface area contributed by atoms with Gasteiger partial charge >= 0.3 is 0 Å². The molecule has 1 unspecified atom stereocenters. The summed E-state index contributed by atoms with van der Waals surface area (Å²) in [5.74, 6) is -1.11. The quantitative estimate of drug-likeness (QED) is 0.832. The molecule has 2 rings (SSSR count). The second kappa shape index (κ2) is 7.84. The summed E-state index contributed by atoms with van der Waals surface area (Å²) in [6.45, 7) is 1.59. The van der Waals surface area contributed by atoms with Crippen molar-refractivity contribution >= 4 is 33.2 Å². The lowest BCUT2D eigenvalue weighted by atomic mass is 10.2. The van der Waals surface area contributed by atoms with Gasteiger partial charge in [-0.15, -0.1) is 0 Å². The number of carbonyl (C=O) groups is 1. The third-order valence-corrected chi connectivity index (χ3v) is 5.17. The third kappa shape index (κ3) is 4.93. The van der Waals surface area contributed by atoms with Gasteiger partial charge in [-0.25, -0.2) is 12.8 Å². The Morgan fingerprint density at radius 1 is 1.24 bits per heavy atom. The summed E-state index contributed by atoms with van der Waals surface area (Å²) in [4.78, 5) is 12.4. The fourth-order valence-electron chi connectivity index (χ4n) is 2.39. The number of hydrogen-bond donors (Lipinski definition) is 1. The van der Waals surface area contributed by atoms with Gasteiger partial charge in [-0.05, 0) is 36.8 Å². The Morgan fingerprint density at radius 3 is 2.52 bits per heavy atom. The van der Waals surface area contributed by atoms with Gasteiger partial charge in [0.15, 0.2) is 0 Å². The van der Waals surface area contributed by atoms with Crippen LogP contribution in [0.1, 0.15) is 12.5 Å². The minimum absolute atomic E-state index is 0.0860. The van der Waals surface area contributed by atoms with Gasteiger partial charge in [-0.3, -0.25) is 9.10 Å². The van der Waals surface area contributed by atoms with Crippen molar-refractivity contribution in [1.82, 2.24) is 5.32 Å². The van der Waals surface area contributed by atoms with E-state index < -0.39 is 27.8 Å². The molecule has 134 valence electrons. The molecule has 0 radical (unpaired) electrons. The van der Waals surface area contributed by atoms with Crippen LogP contribution in [0.4, 0.5) is 10.1 Å². The van der Waals surface area contributed by atoms with E-state index in [4.69, 9.17) is 11.6 Å². The van der Waals surface area contributed by atoms with Crippen molar-refractivity contribution in [3.05, 3.63) is 64.9 Å². The molecule has 0 bridgehead atoms. The van der Waals surface area contributed by atoms with Crippen LogP contribution >= 0.6 is 11.6 Å². The van der Waals surface area contributed by atoms with Crippen molar-refractivity contribution in [2.24, 2.45) is 0 Å². The predicted octanol–water partition coefficient (Wildman–Crippen LogP) is 2.95. The average molecular weight is 385 g/mol. The number of nitrogens with one attached hydrogen (secondary N) is 1. The smallest absolute Gasteiger partial charge is 0.243 e. The number of anilines is 1. The summed E-state index contributed by atoms with van der Waals surface area (Å²) in [7, 11) is -3.79. The van der Waals surface area contributed by atoms with Gasteiger partial charge in [0.25, 0.3) is 0 Å². The van der Waals surface area contributed by atoms with Crippen molar-refractivity contribution in [2.75, 3.05) is 10.6 Å². The van der Waals surface area contributed by atoms with Crippen LogP contribution in [0.25, 0.3) is 0 Å². The number of carbonyl (C=O) groups excluding carboxylic acids is 1. The monoisotopic (exact) mass is 384 g/mol. The average Bonchev–Trinajstić information content (AvgIpc) is 2.52. The number of rotatable bonds is 6. The van der Waals surface area contributed by atoms with E-state index in [1.54, 1.807) is 24.3 Å². The maximum atomic E-state index is 13.5. The van der Waals surface area contributed by atoms with Crippen molar-refractivity contribution in [2.45, 2.75) is 19.5 Å². The van der Waals surface area contributed by atoms with Crippen LogP contribution in [0, 0.1) is 5.82 Å². The van der Waals surface area contributed by atoms with Crippen LogP contribution in [-0.4, -0.2) is 26.6 Å². The van der Waals surface area contributed by atoms with Crippen LogP contribution in [-0.2, 0) is 21.4 Å². The second-order valence-corrected chi connectivity index (χ2v) is 7.79. The molecule has 0 heterocycles. The first-order valence-electron chi connectivity index (χ1n) is 7.46. The lowest BCUT2D eigenvalue weighted by Gasteiger charge is -2.28. The molecule has 1 N–H and O–H groups in total. The third-order valence-electron chi connectivity index (χ3n) is 3.56. The van der Waals surface area contributed by atoms with E-state index in [9.17, 15) is 17.6 Å². The topological polar surface area (TPSA) is 66.5 Å². The molecule has 8 heteroatoms. The van der Waals surface area contributed by atoms with Gasteiger partial charge in [0.05, 0.1) is 11.9 Å². The minimum Gasteiger partial charge on any atom is -0.350 e. The number of hydrogen-bond acceptors (Lipinski definition) is 3. The summed E-state index contributed by atoms with van der Waals surface area (Å²) in [5.41, 5.74) is 0.796. The van der Waals surface area contributed by atoms with Gasteiger partial charge in [-0.1, -0.05) is 35.9 Å². The first kappa shape index (κ1) is 19.2. The van der Waals surface area contributed by atoms with Crippen molar-refractivity contribution in [3.8, 4) is 0 Å². The second-order valence-electron chi connectivity index (χ2n) is 5.52. The Hall–Kier alpha value is -2.12. The van der Waals surface area contributed by atoms with E-state index in [1.807, 2.05) is 0 Å². The minimum atomic E-state index is -3.79. The first-order valence-corrected chi connectivity index (χ1v) is 9.69. The molecule has 0 saturated carbocycles. The van der Waals surface area contributed by atoms with E-state index in [2.05, 4.69) is 5.32 Å². The van der Waals surface area contributed by atoms with E-state index in [0.29, 0.717) is 10.6 Å². The lowest BCUT2D eigenvalue weighted by Crippen LogP contribution is -2.47. The molecule has 0 aliphatic rings. The van der Waals surface area contributed by atoms with Crippen LogP contribution in [0.5, 0.6) is 0 Å². The van der Waals surface area contributed by atoms with E-state index in [0.717, 1.165) is 16.6 Å². The molecule has 5 nitrogen and oxygen atoms in total. The Balaban J connectivity index is 2.20. The predicted molar refractivity (Wildman–Crippen MR) is 96.5 cm³/mol. The Morgan fingerprint density at radius 2 is 1.92 bits per heavy atom. The molecule has 2 aromatic carbocycles. The number of amides is 1. The molecule has 0 fully saturated rings. The highest BCUT2D eigenvalue weighted by Gasteiger charge is 2.29. The lowest BCUT2D eigenvalue weighted by molar-refractivity contribution is -0.122. The maximum Gasteiger partial charge on any atom is 0.243 e. The molecule has 25 heavy (non-hydrogen) atoms. The van der Waals surface area contributed by atoms with Crippen molar-refractivity contribution in [1.29, 1.82) is 0 Å². The molecule has 2 aromatic rings. The molecule has 0 spiro atoms. The molecular weight excluding hydrogens is 367 g/mol. The zero-order valence-corrected chi connectivity index (χ0v) is 15.3. The number of halogens is 2. The van der Waals surface area contributed by atoms with Crippen molar-refractivity contribution in [3.63, 3.8) is 0 Å². The number of sulfonamides is 1. The fraction of sp³-hybridized carbons (Fsp3) is 0.235. The van der Waals surface area contributed by atoms with E-state index in [-0.39, 0.29) is 12.2 Å². The van der Waals surface area contributed by atoms with Crippen molar-refractivity contribution < 1.29 is 17.6 Å². The molecule has 0 aliphatic carbocycles. The van der Waals surface area contributed by atoms with Gasteiger partial charge < -0.3 is 5.32 Å². The molecule has 0 aliphatic heterocycles. The van der Waals surface area contributed by atoms with Gasteiger partial charge in [-0.2, -0.15) is 0 Å². The highest BCUT2D eigenvalue weighted by Crippen LogP contribution is 2.22. The normalized spacial score (nSPS) is 12.5. The maximum absolute atomic E-state index is 13.5. The number of nitrogens with zero attached hydrogens (tertiary/aromatic N) is 1. The molecule has 0 saturated heterocycles. The van der Waals surface area contributed by atoms with Crippen LogP contribution in [0.15, 0.2) is 48.5 Å². The summed E-state index contributed by atoms with van der Waals surface area (Å²) in [6, 6.07) is 11.0. The Kier molecular flexibility index (Phi) is 6.02. The summed E-state index contributed by atoms with van der Waals surface area (Å²) in [5, 5.41) is 3.15. The first-order chi connectivity index (χ1) is 11.7. The standard InChI is InChI=1S/C17H18ClFN2O3S/c1-12(17(22)20-11-13-6-3-4-9-16(13)18)21(25(2,23)24)15-8-5-7-14(19)10-15/h3-10,12H,11H2,1-2H3,(H,20,22). The van der Waals surface area contributed by atoms with Gasteiger partial charge in [0, 0.05) is 11.6 Å². The highest BCUT2D eigenvalue weighted by molar-refractivity contribution is 7.92. The Bertz CT molecular complexity index is 874. The molecule has 1 atom stereocenters. The summed E-state index contributed by atoms with van der Waals surface area (Å²) >= 11 is 6.04. The van der Waals surface area contributed by atoms with E-state index in [1.165, 1.54) is 25.1 Å². The molecular formula is C17H18ClFN2O3S.